The Morgan fingerprint density at radius 3 is 2.32 bits per heavy atom. The van der Waals surface area contributed by atoms with Crippen molar-refractivity contribution in [2.45, 2.75) is 39.3 Å². The summed E-state index contributed by atoms with van der Waals surface area (Å²) in [5, 5.41) is 7.38. The van der Waals surface area contributed by atoms with E-state index in [9.17, 15) is 9.59 Å². The smallest absolute Gasteiger partial charge is 0.343 e. The van der Waals surface area contributed by atoms with Crippen molar-refractivity contribution in [3.05, 3.63) is 88.2 Å². The number of amides is 1. The highest BCUT2D eigenvalue weighted by Gasteiger charge is 2.26. The minimum atomic E-state index is -0.955. The summed E-state index contributed by atoms with van der Waals surface area (Å²) in [5.74, 6) is -0.886. The Morgan fingerprint density at radius 1 is 1.06 bits per heavy atom. The van der Waals surface area contributed by atoms with Gasteiger partial charge in [0.2, 0.25) is 0 Å². The fraction of sp³-hybridized carbons (Fsp3) is 0.292. The van der Waals surface area contributed by atoms with Crippen LogP contribution in [-0.4, -0.2) is 34.3 Å². The molecule has 6 nitrogen and oxygen atoms in total. The number of hydrogen-bond donors (Lipinski definition) is 1. The largest absolute Gasteiger partial charge is 0.449 e. The van der Waals surface area contributed by atoms with Crippen molar-refractivity contribution in [3.8, 4) is 0 Å². The number of esters is 1. The predicted molar refractivity (Wildman–Crippen MR) is 120 cm³/mol. The number of nitrogens with one attached hydrogen (secondary N) is 1. The molecule has 31 heavy (non-hydrogen) atoms. The first-order valence-corrected chi connectivity index (χ1v) is 10.5. The number of nitrogens with zero attached hydrogens (tertiary/aromatic N) is 2. The molecule has 0 aliphatic rings. The van der Waals surface area contributed by atoms with E-state index in [0.29, 0.717) is 18.8 Å². The average Bonchev–Trinajstić information content (AvgIpc) is 3.05. The van der Waals surface area contributed by atoms with Crippen molar-refractivity contribution in [3.63, 3.8) is 0 Å². The lowest BCUT2D eigenvalue weighted by Crippen LogP contribution is -2.37. The Kier molecular flexibility index (Phi) is 7.47. The van der Waals surface area contributed by atoms with E-state index in [1.807, 2.05) is 67.6 Å². The van der Waals surface area contributed by atoms with E-state index in [0.717, 1.165) is 11.1 Å². The lowest BCUT2D eigenvalue weighted by Gasteiger charge is -2.16. The summed E-state index contributed by atoms with van der Waals surface area (Å²) in [7, 11) is 0. The number of carbonyl (C=O) groups is 2. The first-order valence-electron chi connectivity index (χ1n) is 10.2. The summed E-state index contributed by atoms with van der Waals surface area (Å²) in [6, 6.07) is 19.6. The molecule has 0 aliphatic heterocycles. The molecule has 1 amide bonds. The molecule has 1 N–H and O–H groups in total. The number of halogens is 1. The molecule has 0 fully saturated rings. The number of aryl methyl sites for hydroxylation is 1. The summed E-state index contributed by atoms with van der Waals surface area (Å²) in [4.78, 5) is 25.1. The summed E-state index contributed by atoms with van der Waals surface area (Å²) in [6.45, 7) is 6.13. The fourth-order valence-electron chi connectivity index (χ4n) is 3.22. The van der Waals surface area contributed by atoms with Crippen LogP contribution in [0.3, 0.4) is 0 Å². The molecule has 2 aromatic carbocycles. The summed E-state index contributed by atoms with van der Waals surface area (Å²) < 4.78 is 6.92. The second-order valence-corrected chi connectivity index (χ2v) is 7.86. The first-order chi connectivity index (χ1) is 14.9. The van der Waals surface area contributed by atoms with Crippen molar-refractivity contribution < 1.29 is 14.3 Å². The summed E-state index contributed by atoms with van der Waals surface area (Å²) in [6.07, 6.45) is -0.955. The third-order valence-electron chi connectivity index (χ3n) is 5.05. The molecule has 7 heteroatoms. The Hall–Kier alpha value is -3.12. The van der Waals surface area contributed by atoms with Crippen LogP contribution in [0.2, 0.25) is 5.15 Å². The standard InChI is InChI=1S/C24H26ClN3O3/c1-16(20-12-8-5-9-13-20)14-26-23(29)18(3)31-24(30)21-17(2)27-28(22(21)25)15-19-10-6-4-7-11-19/h4-13,16,18H,14-15H2,1-3H3,(H,26,29)/t16-,18-/m0/s1. The summed E-state index contributed by atoms with van der Waals surface area (Å²) >= 11 is 6.41. The molecule has 2 atom stereocenters. The van der Waals surface area contributed by atoms with Crippen LogP contribution in [0, 0.1) is 6.92 Å². The third kappa shape index (κ3) is 5.73. The van der Waals surface area contributed by atoms with Gasteiger partial charge in [-0.3, -0.25) is 4.79 Å². The third-order valence-corrected chi connectivity index (χ3v) is 5.43. The van der Waals surface area contributed by atoms with Crippen molar-refractivity contribution in [1.82, 2.24) is 15.1 Å². The summed E-state index contributed by atoms with van der Waals surface area (Å²) in [5.41, 5.74) is 2.76. The zero-order valence-electron chi connectivity index (χ0n) is 17.8. The van der Waals surface area contributed by atoms with Gasteiger partial charge in [-0.05, 0) is 30.9 Å². The molecule has 3 rings (SSSR count). The van der Waals surface area contributed by atoms with E-state index >= 15 is 0 Å². The molecule has 162 valence electrons. The van der Waals surface area contributed by atoms with Crippen molar-refractivity contribution >= 4 is 23.5 Å². The first kappa shape index (κ1) is 22.6. The molecule has 3 aromatic rings. The molecule has 0 bridgehead atoms. The van der Waals surface area contributed by atoms with Crippen molar-refractivity contribution in [2.24, 2.45) is 0 Å². The van der Waals surface area contributed by atoms with Crippen molar-refractivity contribution in [1.29, 1.82) is 0 Å². The average molecular weight is 440 g/mol. The Bertz CT molecular complexity index is 1030. The minimum Gasteiger partial charge on any atom is -0.449 e. The molecule has 0 radical (unpaired) electrons. The van der Waals surface area contributed by atoms with E-state index in [4.69, 9.17) is 16.3 Å². The molecule has 0 aliphatic carbocycles. The number of aromatic nitrogens is 2. The lowest BCUT2D eigenvalue weighted by molar-refractivity contribution is -0.129. The SMILES string of the molecule is Cc1nn(Cc2ccccc2)c(Cl)c1C(=O)O[C@@H](C)C(=O)NC[C@H](C)c1ccccc1. The van der Waals surface area contributed by atoms with E-state index in [2.05, 4.69) is 10.4 Å². The quantitative estimate of drug-likeness (QED) is 0.529. The monoisotopic (exact) mass is 439 g/mol. The molecule has 0 spiro atoms. The second kappa shape index (κ2) is 10.3. The van der Waals surface area contributed by atoms with E-state index < -0.39 is 12.1 Å². The second-order valence-electron chi connectivity index (χ2n) is 7.50. The van der Waals surface area contributed by atoms with Gasteiger partial charge < -0.3 is 10.1 Å². The van der Waals surface area contributed by atoms with E-state index in [1.165, 1.54) is 6.92 Å². The molecule has 1 heterocycles. The van der Waals surface area contributed by atoms with E-state index in [1.54, 1.807) is 11.6 Å². The van der Waals surface area contributed by atoms with Crippen LogP contribution in [0.4, 0.5) is 0 Å². The zero-order chi connectivity index (χ0) is 22.4. The normalized spacial score (nSPS) is 12.8. The van der Waals surface area contributed by atoms with Gasteiger partial charge in [-0.2, -0.15) is 5.10 Å². The van der Waals surface area contributed by atoms with Crippen molar-refractivity contribution in [2.75, 3.05) is 6.54 Å². The Labute approximate surface area is 187 Å². The van der Waals surface area contributed by atoms with Crippen LogP contribution in [0.1, 0.15) is 46.9 Å². The maximum atomic E-state index is 12.7. The van der Waals surface area contributed by atoms with Crippen LogP contribution in [0.5, 0.6) is 0 Å². The van der Waals surface area contributed by atoms with Gasteiger partial charge in [0, 0.05) is 6.54 Å². The number of hydrogen-bond acceptors (Lipinski definition) is 4. The number of carbonyl (C=O) groups excluding carboxylic acids is 2. The van der Waals surface area contributed by atoms with Crippen LogP contribution >= 0.6 is 11.6 Å². The Morgan fingerprint density at radius 2 is 1.68 bits per heavy atom. The minimum absolute atomic E-state index is 0.140. The molecule has 0 saturated carbocycles. The number of ether oxygens (including phenoxy) is 1. The predicted octanol–water partition coefficient (Wildman–Crippen LogP) is 4.36. The lowest BCUT2D eigenvalue weighted by atomic mass is 10.0. The maximum Gasteiger partial charge on any atom is 0.343 e. The fourth-order valence-corrected chi connectivity index (χ4v) is 3.53. The van der Waals surface area contributed by atoms with Gasteiger partial charge in [0.25, 0.3) is 5.91 Å². The molecule has 0 saturated heterocycles. The van der Waals surface area contributed by atoms with E-state index in [-0.39, 0.29) is 22.5 Å². The van der Waals surface area contributed by atoms with Gasteiger partial charge in [0.1, 0.15) is 10.7 Å². The van der Waals surface area contributed by atoms with Gasteiger partial charge in [0.05, 0.1) is 12.2 Å². The highest BCUT2D eigenvalue weighted by Crippen LogP contribution is 2.22. The number of rotatable bonds is 8. The highest BCUT2D eigenvalue weighted by atomic mass is 35.5. The van der Waals surface area contributed by atoms with Crippen LogP contribution < -0.4 is 5.32 Å². The van der Waals surface area contributed by atoms with Gasteiger partial charge in [-0.15, -0.1) is 0 Å². The molecular formula is C24H26ClN3O3. The van der Waals surface area contributed by atoms with Gasteiger partial charge in [0.15, 0.2) is 6.10 Å². The molecule has 1 aromatic heterocycles. The van der Waals surface area contributed by atoms with Crippen LogP contribution in [-0.2, 0) is 16.1 Å². The Balaban J connectivity index is 1.59. The van der Waals surface area contributed by atoms with Gasteiger partial charge >= 0.3 is 5.97 Å². The van der Waals surface area contributed by atoms with Gasteiger partial charge in [-0.25, -0.2) is 9.48 Å². The number of benzene rings is 2. The molecule has 0 unspecified atom stereocenters. The van der Waals surface area contributed by atoms with Crippen LogP contribution in [0.15, 0.2) is 60.7 Å². The molecular weight excluding hydrogens is 414 g/mol. The van der Waals surface area contributed by atoms with Gasteiger partial charge in [-0.1, -0.05) is 79.2 Å². The van der Waals surface area contributed by atoms with Crippen LogP contribution in [0.25, 0.3) is 0 Å². The topological polar surface area (TPSA) is 73.2 Å². The zero-order valence-corrected chi connectivity index (χ0v) is 18.6. The maximum absolute atomic E-state index is 12.7. The highest BCUT2D eigenvalue weighted by molar-refractivity contribution is 6.32.